The number of benzene rings is 1. The van der Waals surface area contributed by atoms with E-state index in [1.165, 1.54) is 30.9 Å². The molecule has 0 aliphatic carbocycles. The topological polar surface area (TPSA) is 18.5 Å². The molecule has 2 rings (SSSR count). The third-order valence-corrected chi connectivity index (χ3v) is 3.71. The largest absolute Gasteiger partial charge is 0.384 e. The van der Waals surface area contributed by atoms with Gasteiger partial charge in [0.05, 0.1) is 0 Å². The van der Waals surface area contributed by atoms with Crippen LogP contribution in [-0.2, 0) is 0 Å². The van der Waals surface area contributed by atoms with Crippen LogP contribution in [0.25, 0.3) is 0 Å². The van der Waals surface area contributed by atoms with Gasteiger partial charge in [-0.3, -0.25) is 4.90 Å². The Kier molecular flexibility index (Phi) is 4.61. The predicted octanol–water partition coefficient (Wildman–Crippen LogP) is 2.04. The van der Waals surface area contributed by atoms with Gasteiger partial charge in [0.2, 0.25) is 0 Å². The van der Waals surface area contributed by atoms with Crippen molar-refractivity contribution in [2.75, 3.05) is 45.1 Å². The van der Waals surface area contributed by atoms with Gasteiger partial charge in [-0.25, -0.2) is 0 Å². The average molecular weight is 247 g/mol. The third-order valence-electron chi connectivity index (χ3n) is 3.71. The Morgan fingerprint density at radius 3 is 2.89 bits per heavy atom. The molecule has 1 saturated heterocycles. The lowest BCUT2D eigenvalue weighted by Gasteiger charge is -2.38. The number of rotatable bonds is 4. The van der Waals surface area contributed by atoms with Crippen LogP contribution < -0.4 is 5.32 Å². The lowest BCUT2D eigenvalue weighted by Crippen LogP contribution is -2.51. The van der Waals surface area contributed by atoms with Gasteiger partial charge in [0.25, 0.3) is 0 Å². The van der Waals surface area contributed by atoms with E-state index in [1.54, 1.807) is 0 Å². The van der Waals surface area contributed by atoms with E-state index in [2.05, 4.69) is 60.3 Å². The summed E-state index contributed by atoms with van der Waals surface area (Å²) in [6.07, 6.45) is 0. The number of hydrogen-bond donors (Lipinski definition) is 1. The van der Waals surface area contributed by atoms with Crippen molar-refractivity contribution in [3.05, 3.63) is 29.8 Å². The lowest BCUT2D eigenvalue weighted by molar-refractivity contribution is 0.104. The number of nitrogens with zero attached hydrogens (tertiary/aromatic N) is 2. The van der Waals surface area contributed by atoms with Crippen LogP contribution in [-0.4, -0.2) is 55.6 Å². The first-order valence-corrected chi connectivity index (χ1v) is 6.88. The van der Waals surface area contributed by atoms with Gasteiger partial charge in [-0.1, -0.05) is 12.1 Å². The van der Waals surface area contributed by atoms with Crippen molar-refractivity contribution in [3.8, 4) is 0 Å². The van der Waals surface area contributed by atoms with Gasteiger partial charge >= 0.3 is 0 Å². The number of piperazine rings is 1. The Bertz CT molecular complexity index is 378. The zero-order valence-corrected chi connectivity index (χ0v) is 11.8. The Labute approximate surface area is 111 Å². The molecule has 1 atom stereocenters. The van der Waals surface area contributed by atoms with Crippen molar-refractivity contribution >= 4 is 5.69 Å². The van der Waals surface area contributed by atoms with E-state index in [0.717, 1.165) is 13.1 Å². The van der Waals surface area contributed by atoms with E-state index in [0.29, 0.717) is 6.04 Å². The summed E-state index contributed by atoms with van der Waals surface area (Å²) in [6, 6.07) is 9.25. The Hall–Kier alpha value is -1.06. The molecule has 18 heavy (non-hydrogen) atoms. The third kappa shape index (κ3) is 3.72. The lowest BCUT2D eigenvalue weighted by atomic mass is 10.2. The highest BCUT2D eigenvalue weighted by Gasteiger charge is 2.20. The molecule has 1 aliphatic rings. The number of likely N-dealkylation sites (N-methyl/N-ethyl adjacent to an activating group) is 1. The molecule has 1 fully saturated rings. The molecule has 1 heterocycles. The van der Waals surface area contributed by atoms with Crippen LogP contribution in [0.15, 0.2) is 24.3 Å². The van der Waals surface area contributed by atoms with Crippen molar-refractivity contribution in [1.82, 2.24) is 9.80 Å². The van der Waals surface area contributed by atoms with E-state index < -0.39 is 0 Å². The van der Waals surface area contributed by atoms with Crippen LogP contribution in [0.2, 0.25) is 0 Å². The van der Waals surface area contributed by atoms with Gasteiger partial charge in [-0.05, 0) is 38.6 Å². The minimum atomic E-state index is 0.669. The first kappa shape index (κ1) is 13.4. The van der Waals surface area contributed by atoms with Gasteiger partial charge in [0.15, 0.2) is 0 Å². The molecule has 3 nitrogen and oxygen atoms in total. The fourth-order valence-electron chi connectivity index (χ4n) is 2.61. The Balaban J connectivity index is 1.75. The van der Waals surface area contributed by atoms with Gasteiger partial charge in [0, 0.05) is 44.5 Å². The number of hydrogen-bond acceptors (Lipinski definition) is 3. The number of anilines is 1. The van der Waals surface area contributed by atoms with Crippen LogP contribution in [0, 0.1) is 6.92 Å². The molecular weight excluding hydrogens is 222 g/mol. The van der Waals surface area contributed by atoms with Crippen molar-refractivity contribution in [2.24, 2.45) is 0 Å². The first-order valence-electron chi connectivity index (χ1n) is 6.88. The van der Waals surface area contributed by atoms with Gasteiger partial charge in [-0.15, -0.1) is 0 Å². The summed E-state index contributed by atoms with van der Waals surface area (Å²) < 4.78 is 0. The minimum Gasteiger partial charge on any atom is -0.384 e. The SMILES string of the molecule is Cc1cccc(NCCN2CCN(C)CC2C)c1. The molecule has 1 N–H and O–H groups in total. The maximum Gasteiger partial charge on any atom is 0.0343 e. The Morgan fingerprint density at radius 1 is 1.33 bits per heavy atom. The van der Waals surface area contributed by atoms with E-state index in [1.807, 2.05) is 0 Å². The molecule has 1 unspecified atom stereocenters. The highest BCUT2D eigenvalue weighted by atomic mass is 15.3. The average Bonchev–Trinajstić information content (AvgIpc) is 2.32. The molecule has 0 bridgehead atoms. The van der Waals surface area contributed by atoms with Crippen LogP contribution in [0.1, 0.15) is 12.5 Å². The summed E-state index contributed by atoms with van der Waals surface area (Å²) in [5.74, 6) is 0. The maximum atomic E-state index is 3.51. The normalized spacial score (nSPS) is 22.1. The first-order chi connectivity index (χ1) is 8.65. The molecule has 0 aromatic heterocycles. The Morgan fingerprint density at radius 2 is 2.17 bits per heavy atom. The summed E-state index contributed by atoms with van der Waals surface area (Å²) in [5.41, 5.74) is 2.55. The van der Waals surface area contributed by atoms with Crippen LogP contribution in [0.5, 0.6) is 0 Å². The van der Waals surface area contributed by atoms with Gasteiger partial charge < -0.3 is 10.2 Å². The van der Waals surface area contributed by atoms with Crippen molar-refractivity contribution in [1.29, 1.82) is 0 Å². The minimum absolute atomic E-state index is 0.669. The maximum absolute atomic E-state index is 3.51. The fraction of sp³-hybridized carbons (Fsp3) is 0.600. The van der Waals surface area contributed by atoms with E-state index in [-0.39, 0.29) is 0 Å². The standard InChI is InChI=1S/C15H25N3/c1-13-5-4-6-15(11-13)16-7-8-18-10-9-17(3)12-14(18)2/h4-6,11,14,16H,7-10,12H2,1-3H3. The van der Waals surface area contributed by atoms with Crippen LogP contribution in [0.3, 0.4) is 0 Å². The second kappa shape index (κ2) is 6.21. The fourth-order valence-corrected chi connectivity index (χ4v) is 2.61. The molecule has 0 saturated carbocycles. The van der Waals surface area contributed by atoms with Gasteiger partial charge in [-0.2, -0.15) is 0 Å². The summed E-state index contributed by atoms with van der Waals surface area (Å²) in [6.45, 7) is 10.2. The van der Waals surface area contributed by atoms with Crippen LogP contribution in [0.4, 0.5) is 5.69 Å². The van der Waals surface area contributed by atoms with E-state index in [9.17, 15) is 0 Å². The van der Waals surface area contributed by atoms with Crippen molar-refractivity contribution in [3.63, 3.8) is 0 Å². The summed E-state index contributed by atoms with van der Waals surface area (Å²) >= 11 is 0. The molecule has 0 spiro atoms. The molecule has 0 amide bonds. The van der Waals surface area contributed by atoms with Crippen molar-refractivity contribution < 1.29 is 0 Å². The smallest absolute Gasteiger partial charge is 0.0343 e. The molecule has 100 valence electrons. The van der Waals surface area contributed by atoms with E-state index in [4.69, 9.17) is 0 Å². The molecule has 1 aliphatic heterocycles. The highest BCUT2D eigenvalue weighted by Crippen LogP contribution is 2.10. The van der Waals surface area contributed by atoms with Crippen molar-refractivity contribution in [2.45, 2.75) is 19.9 Å². The quantitative estimate of drug-likeness (QED) is 0.878. The summed E-state index contributed by atoms with van der Waals surface area (Å²) in [7, 11) is 2.21. The zero-order valence-electron chi connectivity index (χ0n) is 11.8. The van der Waals surface area contributed by atoms with Crippen LogP contribution >= 0.6 is 0 Å². The second-order valence-corrected chi connectivity index (χ2v) is 5.44. The molecule has 1 aromatic carbocycles. The molecular formula is C15H25N3. The highest BCUT2D eigenvalue weighted by molar-refractivity contribution is 5.45. The zero-order chi connectivity index (χ0) is 13.0. The number of nitrogens with one attached hydrogen (secondary N) is 1. The molecule has 1 aromatic rings. The monoisotopic (exact) mass is 247 g/mol. The molecule has 3 heteroatoms. The second-order valence-electron chi connectivity index (χ2n) is 5.44. The van der Waals surface area contributed by atoms with Gasteiger partial charge in [0.1, 0.15) is 0 Å². The molecule has 0 radical (unpaired) electrons. The summed E-state index contributed by atoms with van der Waals surface area (Å²) in [5, 5.41) is 3.51. The van der Waals surface area contributed by atoms with E-state index >= 15 is 0 Å². The summed E-state index contributed by atoms with van der Waals surface area (Å²) in [4.78, 5) is 4.98. The predicted molar refractivity (Wildman–Crippen MR) is 78.2 cm³/mol. The number of aryl methyl sites for hydroxylation is 1.